The van der Waals surface area contributed by atoms with Gasteiger partial charge in [0.2, 0.25) is 0 Å². The molecule has 164 valence electrons. The molecular weight excluding hydrogens is 418 g/mol. The van der Waals surface area contributed by atoms with Gasteiger partial charge in [0, 0.05) is 17.0 Å². The number of benzene rings is 1. The number of fused-ring (bicyclic) bond motifs is 1. The quantitative estimate of drug-likeness (QED) is 0.344. The topological polar surface area (TPSA) is 85.4 Å². The zero-order chi connectivity index (χ0) is 22.6. The summed E-state index contributed by atoms with van der Waals surface area (Å²) in [6.07, 6.45) is 3.44. The fraction of sp³-hybridized carbons (Fsp3) is 0.391. The number of carbonyl (C=O) groups is 3. The van der Waals surface area contributed by atoms with Gasteiger partial charge in [0.25, 0.3) is 6.47 Å². The summed E-state index contributed by atoms with van der Waals surface area (Å²) in [6.45, 7) is 4.98. The second-order valence-electron chi connectivity index (χ2n) is 8.29. The van der Waals surface area contributed by atoms with Crippen LogP contribution < -0.4 is 5.32 Å². The van der Waals surface area contributed by atoms with Crippen LogP contribution in [0.1, 0.15) is 42.6 Å². The average molecular weight is 445 g/mol. The lowest BCUT2D eigenvalue weighted by Gasteiger charge is -2.34. The number of urea groups is 1. The summed E-state index contributed by atoms with van der Waals surface area (Å²) in [5, 5.41) is 3.44. The van der Waals surface area contributed by atoms with Gasteiger partial charge in [-0.1, -0.05) is 37.6 Å². The number of aromatic nitrogens is 1. The average Bonchev–Trinajstić information content (AvgIpc) is 2.73. The first-order valence-corrected chi connectivity index (χ1v) is 10.7. The van der Waals surface area contributed by atoms with Crippen LogP contribution >= 0.6 is 11.6 Å². The summed E-state index contributed by atoms with van der Waals surface area (Å²) < 4.78 is 4.29. The predicted molar refractivity (Wildman–Crippen MR) is 119 cm³/mol. The van der Waals surface area contributed by atoms with Gasteiger partial charge in [-0.25, -0.2) is 9.59 Å². The lowest BCUT2D eigenvalue weighted by atomic mass is 9.91. The molecule has 1 aliphatic heterocycles. The number of ether oxygens (including phenoxy) is 1. The van der Waals surface area contributed by atoms with Crippen molar-refractivity contribution in [2.24, 2.45) is 5.92 Å². The maximum Gasteiger partial charge on any atom is 0.428 e. The first kappa shape index (κ1) is 22.9. The number of imide groups is 1. The maximum atomic E-state index is 13.7. The molecule has 0 saturated heterocycles. The normalized spacial score (nSPS) is 18.0. The van der Waals surface area contributed by atoms with E-state index in [2.05, 4.69) is 24.1 Å². The molecule has 0 aliphatic carbocycles. The van der Waals surface area contributed by atoms with Gasteiger partial charge < -0.3 is 4.74 Å². The highest BCUT2D eigenvalue weighted by Crippen LogP contribution is 2.36. The van der Waals surface area contributed by atoms with E-state index in [9.17, 15) is 14.4 Å². The Morgan fingerprint density at radius 1 is 1.29 bits per heavy atom. The van der Waals surface area contributed by atoms with Crippen LogP contribution in [0.5, 0.6) is 0 Å². The Balaban J connectivity index is 2.09. The van der Waals surface area contributed by atoms with E-state index in [0.29, 0.717) is 47.2 Å². The summed E-state index contributed by atoms with van der Waals surface area (Å²) in [6, 6.07) is 6.96. The van der Waals surface area contributed by atoms with Crippen molar-refractivity contribution in [1.82, 2.24) is 4.98 Å². The number of halogens is 1. The summed E-state index contributed by atoms with van der Waals surface area (Å²) in [4.78, 5) is 41.5. The number of rotatable bonds is 9. The summed E-state index contributed by atoms with van der Waals surface area (Å²) in [5.74, 6) is 0.145. The molecule has 1 N–H and O–H groups in total. The number of hydrogen-bond acceptors (Lipinski definition) is 5. The van der Waals surface area contributed by atoms with Crippen LogP contribution in [0.4, 0.5) is 10.5 Å². The van der Waals surface area contributed by atoms with Crippen LogP contribution in [-0.2, 0) is 16.0 Å². The number of nitrogens with one attached hydrogen (secondary N) is 1. The Kier molecular flexibility index (Phi) is 7.08. The van der Waals surface area contributed by atoms with E-state index in [0.717, 1.165) is 17.5 Å². The van der Waals surface area contributed by atoms with Crippen molar-refractivity contribution in [3.05, 3.63) is 46.6 Å². The minimum absolute atomic E-state index is 0.148. The van der Waals surface area contributed by atoms with E-state index >= 15 is 0 Å². The molecule has 3 rings (SSSR count). The van der Waals surface area contributed by atoms with Crippen molar-refractivity contribution in [2.75, 3.05) is 25.5 Å². The molecule has 1 aromatic carbocycles. The third kappa shape index (κ3) is 4.78. The van der Waals surface area contributed by atoms with E-state index in [1.54, 1.807) is 19.3 Å². The van der Waals surface area contributed by atoms with Crippen molar-refractivity contribution in [3.8, 4) is 11.3 Å². The summed E-state index contributed by atoms with van der Waals surface area (Å²) >= 11 is 6.20. The van der Waals surface area contributed by atoms with Gasteiger partial charge in [0.05, 0.1) is 37.8 Å². The lowest BCUT2D eigenvalue weighted by Crippen LogP contribution is -2.59. The number of hydrogen-bond donors (Lipinski definition) is 1. The van der Waals surface area contributed by atoms with Crippen molar-refractivity contribution < 1.29 is 23.6 Å². The molecule has 1 atom stereocenters. The molecule has 0 spiro atoms. The molecule has 7 nitrogen and oxygen atoms in total. The summed E-state index contributed by atoms with van der Waals surface area (Å²) in [7, 11) is 1.59. The van der Waals surface area contributed by atoms with Gasteiger partial charge in [0.15, 0.2) is 0 Å². The van der Waals surface area contributed by atoms with E-state index in [-0.39, 0.29) is 19.1 Å². The Morgan fingerprint density at radius 2 is 2.06 bits per heavy atom. The zero-order valence-corrected chi connectivity index (χ0v) is 18.7. The molecule has 2 heterocycles. The van der Waals surface area contributed by atoms with Gasteiger partial charge in [0.1, 0.15) is 5.56 Å². The Bertz CT molecular complexity index is 1010. The van der Waals surface area contributed by atoms with E-state index < -0.39 is 10.5 Å². The number of anilines is 1. The van der Waals surface area contributed by atoms with Crippen LogP contribution in [-0.4, -0.2) is 48.1 Å². The second-order valence-corrected chi connectivity index (χ2v) is 8.72. The number of pyridine rings is 1. The molecule has 2 aromatic rings. The van der Waals surface area contributed by atoms with Crippen LogP contribution in [0.3, 0.4) is 0 Å². The first-order valence-electron chi connectivity index (χ1n) is 10.3. The Labute approximate surface area is 187 Å². The molecule has 31 heavy (non-hydrogen) atoms. The van der Waals surface area contributed by atoms with Crippen LogP contribution in [0, 0.1) is 5.92 Å². The highest BCUT2D eigenvalue weighted by molar-refractivity contribution is 6.30. The van der Waals surface area contributed by atoms with Gasteiger partial charge in [-0.3, -0.25) is 15.1 Å². The number of quaternary nitrogens is 1. The van der Waals surface area contributed by atoms with Gasteiger partial charge in [-0.05, 0) is 36.5 Å². The van der Waals surface area contributed by atoms with Gasteiger partial charge in [-0.15, -0.1) is 0 Å². The molecular formula is C23H27ClN3O4+. The highest BCUT2D eigenvalue weighted by Gasteiger charge is 2.47. The Hall–Kier alpha value is -2.77. The minimum atomic E-state index is -0.442. The van der Waals surface area contributed by atoms with Crippen LogP contribution in [0.2, 0.25) is 5.02 Å². The van der Waals surface area contributed by atoms with Crippen LogP contribution in [0.25, 0.3) is 11.3 Å². The minimum Gasteiger partial charge on any atom is -0.468 e. The second kappa shape index (κ2) is 9.58. The fourth-order valence-corrected chi connectivity index (χ4v) is 3.94. The van der Waals surface area contributed by atoms with E-state index in [1.165, 1.54) is 0 Å². The van der Waals surface area contributed by atoms with Gasteiger partial charge in [-0.2, -0.15) is 4.48 Å². The third-order valence-electron chi connectivity index (χ3n) is 5.54. The molecule has 0 radical (unpaired) electrons. The third-order valence-corrected chi connectivity index (χ3v) is 5.77. The molecule has 3 amide bonds. The van der Waals surface area contributed by atoms with E-state index in [4.69, 9.17) is 16.3 Å². The predicted octanol–water partition coefficient (Wildman–Crippen LogP) is 4.69. The number of carbonyl (C=O) groups excluding carboxylic acids is 3. The molecule has 8 heteroatoms. The van der Waals surface area contributed by atoms with E-state index in [1.807, 2.05) is 18.2 Å². The standard InChI is InChI=1S/C23H26ClN3O4/c1-15(2)8-9-18-20-19(13-25-21(18)16-6-4-7-17(24)12-16)26-23(30)27(3,22(20)29)10-5-11-31-14-28/h4,6-7,12-15H,5,8-11H2,1-3H3/p+1. The van der Waals surface area contributed by atoms with Crippen molar-refractivity contribution in [3.63, 3.8) is 0 Å². The fourth-order valence-electron chi connectivity index (χ4n) is 3.75. The molecule has 0 fully saturated rings. The highest BCUT2D eigenvalue weighted by atomic mass is 35.5. The van der Waals surface area contributed by atoms with Crippen molar-refractivity contribution in [2.45, 2.75) is 33.1 Å². The molecule has 1 aliphatic rings. The lowest BCUT2D eigenvalue weighted by molar-refractivity contribution is -0.743. The SMILES string of the molecule is CC(C)CCc1c(-c2cccc(Cl)c2)ncc2c1C(=O)[N+](C)(CCCOC=O)C(=O)N2. The smallest absolute Gasteiger partial charge is 0.428 e. The van der Waals surface area contributed by atoms with Gasteiger partial charge >= 0.3 is 11.9 Å². The van der Waals surface area contributed by atoms with Crippen molar-refractivity contribution in [1.29, 1.82) is 0 Å². The maximum absolute atomic E-state index is 13.7. The van der Waals surface area contributed by atoms with Crippen molar-refractivity contribution >= 4 is 35.7 Å². The zero-order valence-electron chi connectivity index (χ0n) is 18.0. The largest absolute Gasteiger partial charge is 0.468 e. The molecule has 0 saturated carbocycles. The number of nitrogens with zero attached hydrogens (tertiary/aromatic N) is 2. The Morgan fingerprint density at radius 3 is 2.74 bits per heavy atom. The molecule has 1 aromatic heterocycles. The summed E-state index contributed by atoms with van der Waals surface area (Å²) in [5.41, 5.74) is 3.25. The first-order chi connectivity index (χ1) is 14.8. The number of amides is 3. The van der Waals surface area contributed by atoms with Crippen LogP contribution in [0.15, 0.2) is 30.5 Å². The molecule has 1 unspecified atom stereocenters. The monoisotopic (exact) mass is 444 g/mol. The molecule has 0 bridgehead atoms.